The molecule has 0 bridgehead atoms. The molecule has 3 rings (SSSR count). The van der Waals surface area contributed by atoms with Crippen LogP contribution in [0.25, 0.3) is 24.3 Å². The molecule has 0 amide bonds. The molecule has 172 valence electrons. The molecule has 3 aromatic rings. The first kappa shape index (κ1) is 24.3. The van der Waals surface area contributed by atoms with Crippen molar-refractivity contribution in [2.75, 3.05) is 0 Å². The quantitative estimate of drug-likeness (QED) is 0.376. The normalized spacial score (nSPS) is 12.5. The maximum atomic E-state index is 5.90. The molecule has 0 aliphatic rings. The van der Waals surface area contributed by atoms with Crippen LogP contribution in [0.1, 0.15) is 64.1 Å². The standard InChI is InChI=1S/C30H36NO2/c1-29(2,3)32-27-19-13-23(14-20-27)11-17-25-9-8-10-26(31(25)7)18-12-24-15-21-28(22-16-24)33-30(4,5)6/h8-22H,1-7H3/q+1/b17-11+,18-12+. The Morgan fingerprint density at radius 3 is 1.24 bits per heavy atom. The molecule has 0 unspecified atom stereocenters. The highest BCUT2D eigenvalue weighted by Crippen LogP contribution is 2.20. The molecular formula is C30H36NO2+. The molecule has 0 spiro atoms. The van der Waals surface area contributed by atoms with E-state index in [1.54, 1.807) is 0 Å². The first-order chi connectivity index (χ1) is 15.5. The summed E-state index contributed by atoms with van der Waals surface area (Å²) in [5.74, 6) is 1.77. The van der Waals surface area contributed by atoms with Crippen LogP contribution in [0.3, 0.4) is 0 Å². The van der Waals surface area contributed by atoms with Gasteiger partial charge in [0.05, 0.1) is 0 Å². The second kappa shape index (κ2) is 10.1. The van der Waals surface area contributed by atoms with Gasteiger partial charge in [-0.3, -0.25) is 0 Å². The van der Waals surface area contributed by atoms with Gasteiger partial charge < -0.3 is 9.47 Å². The molecule has 0 aliphatic heterocycles. The first-order valence-electron chi connectivity index (χ1n) is 11.4. The van der Waals surface area contributed by atoms with Crippen LogP contribution in [0.2, 0.25) is 0 Å². The van der Waals surface area contributed by atoms with Crippen molar-refractivity contribution in [1.82, 2.24) is 0 Å². The van der Waals surface area contributed by atoms with E-state index in [9.17, 15) is 0 Å². The van der Waals surface area contributed by atoms with Crippen molar-refractivity contribution < 1.29 is 14.0 Å². The lowest BCUT2D eigenvalue weighted by atomic mass is 10.1. The molecule has 3 nitrogen and oxygen atoms in total. The monoisotopic (exact) mass is 442 g/mol. The zero-order valence-corrected chi connectivity index (χ0v) is 20.9. The Labute approximate surface area is 199 Å². The summed E-state index contributed by atoms with van der Waals surface area (Å²) in [5, 5.41) is 0. The molecule has 3 heteroatoms. The number of aromatic nitrogens is 1. The minimum absolute atomic E-state index is 0.193. The molecule has 0 aliphatic carbocycles. The van der Waals surface area contributed by atoms with Crippen molar-refractivity contribution in [1.29, 1.82) is 0 Å². The Kier molecular flexibility index (Phi) is 7.43. The number of hydrogen-bond acceptors (Lipinski definition) is 2. The van der Waals surface area contributed by atoms with E-state index in [0.717, 1.165) is 34.0 Å². The van der Waals surface area contributed by atoms with Crippen molar-refractivity contribution in [3.63, 3.8) is 0 Å². The fourth-order valence-electron chi connectivity index (χ4n) is 3.32. The molecule has 0 fully saturated rings. The average molecular weight is 443 g/mol. The van der Waals surface area contributed by atoms with E-state index < -0.39 is 0 Å². The fourth-order valence-corrected chi connectivity index (χ4v) is 3.32. The number of nitrogens with zero attached hydrogens (tertiary/aromatic N) is 1. The van der Waals surface area contributed by atoms with E-state index in [1.165, 1.54) is 0 Å². The number of pyridine rings is 1. The van der Waals surface area contributed by atoms with Gasteiger partial charge >= 0.3 is 0 Å². The number of hydrogen-bond donors (Lipinski definition) is 0. The van der Waals surface area contributed by atoms with E-state index in [-0.39, 0.29) is 11.2 Å². The van der Waals surface area contributed by atoms with Crippen LogP contribution in [-0.4, -0.2) is 11.2 Å². The Hall–Kier alpha value is -3.33. The third kappa shape index (κ3) is 7.94. The maximum Gasteiger partial charge on any atom is 0.205 e. The van der Waals surface area contributed by atoms with Crippen LogP contribution >= 0.6 is 0 Å². The molecule has 33 heavy (non-hydrogen) atoms. The lowest BCUT2D eigenvalue weighted by Crippen LogP contribution is -2.35. The summed E-state index contributed by atoms with van der Waals surface area (Å²) in [6.45, 7) is 12.3. The molecule has 1 heterocycles. The van der Waals surface area contributed by atoms with Gasteiger partial charge in [0.1, 0.15) is 29.7 Å². The fraction of sp³-hybridized carbons (Fsp3) is 0.300. The van der Waals surface area contributed by atoms with Gasteiger partial charge in [-0.2, -0.15) is 4.57 Å². The van der Waals surface area contributed by atoms with Gasteiger partial charge in [0.15, 0.2) is 0 Å². The topological polar surface area (TPSA) is 22.3 Å². The van der Waals surface area contributed by atoms with Crippen molar-refractivity contribution in [3.8, 4) is 11.5 Å². The third-order valence-electron chi connectivity index (χ3n) is 4.81. The number of ether oxygens (including phenoxy) is 2. The molecule has 0 atom stereocenters. The largest absolute Gasteiger partial charge is 0.488 e. The minimum atomic E-state index is -0.193. The molecular weight excluding hydrogens is 406 g/mol. The van der Waals surface area contributed by atoms with E-state index >= 15 is 0 Å². The summed E-state index contributed by atoms with van der Waals surface area (Å²) in [6.07, 6.45) is 8.51. The van der Waals surface area contributed by atoms with E-state index in [4.69, 9.17) is 9.47 Å². The minimum Gasteiger partial charge on any atom is -0.488 e. The lowest BCUT2D eigenvalue weighted by molar-refractivity contribution is -0.675. The zero-order chi connectivity index (χ0) is 24.1. The highest BCUT2D eigenvalue weighted by molar-refractivity contribution is 5.69. The van der Waals surface area contributed by atoms with Gasteiger partial charge in [-0.05, 0) is 95.2 Å². The van der Waals surface area contributed by atoms with Crippen LogP contribution in [0, 0.1) is 0 Å². The highest BCUT2D eigenvalue weighted by Gasteiger charge is 2.12. The Balaban J connectivity index is 1.70. The summed E-state index contributed by atoms with van der Waals surface area (Å²) < 4.78 is 14.0. The van der Waals surface area contributed by atoms with Crippen molar-refractivity contribution >= 4 is 24.3 Å². The predicted octanol–water partition coefficient (Wildman–Crippen LogP) is 7.21. The predicted molar refractivity (Wildman–Crippen MR) is 139 cm³/mol. The highest BCUT2D eigenvalue weighted by atomic mass is 16.5. The molecule has 0 saturated carbocycles. The van der Waals surface area contributed by atoms with E-state index in [1.807, 2.05) is 24.3 Å². The molecule has 0 radical (unpaired) electrons. The zero-order valence-electron chi connectivity index (χ0n) is 20.9. The van der Waals surface area contributed by atoms with Crippen LogP contribution in [0.15, 0.2) is 66.7 Å². The SMILES string of the molecule is C[n+]1c(/C=C/c2ccc(OC(C)(C)C)cc2)cccc1/C=C/c1ccc(OC(C)(C)C)cc1. The van der Waals surface area contributed by atoms with Crippen molar-refractivity contribution in [2.45, 2.75) is 52.7 Å². The van der Waals surface area contributed by atoms with Gasteiger partial charge in [-0.15, -0.1) is 0 Å². The van der Waals surface area contributed by atoms with Crippen LogP contribution in [0.5, 0.6) is 11.5 Å². The lowest BCUT2D eigenvalue weighted by Gasteiger charge is -2.21. The second-order valence-corrected chi connectivity index (χ2v) is 10.2. The second-order valence-electron chi connectivity index (χ2n) is 10.2. The Morgan fingerprint density at radius 1 is 0.545 bits per heavy atom. The number of benzene rings is 2. The number of rotatable bonds is 6. The molecule has 1 aromatic heterocycles. The van der Waals surface area contributed by atoms with Crippen LogP contribution in [0.4, 0.5) is 0 Å². The summed E-state index contributed by atoms with van der Waals surface area (Å²) in [7, 11) is 2.08. The van der Waals surface area contributed by atoms with E-state index in [2.05, 4.69) is 120 Å². The average Bonchev–Trinajstić information content (AvgIpc) is 2.72. The Bertz CT molecular complexity index is 1020. The molecule has 0 saturated heterocycles. The van der Waals surface area contributed by atoms with Gasteiger partial charge in [0.2, 0.25) is 11.4 Å². The van der Waals surface area contributed by atoms with Gasteiger partial charge in [0, 0.05) is 24.3 Å². The summed E-state index contributed by atoms with van der Waals surface area (Å²) in [4.78, 5) is 0. The Morgan fingerprint density at radius 2 is 0.909 bits per heavy atom. The van der Waals surface area contributed by atoms with Crippen molar-refractivity contribution in [2.24, 2.45) is 7.05 Å². The summed E-state index contributed by atoms with van der Waals surface area (Å²) in [6, 6.07) is 22.7. The van der Waals surface area contributed by atoms with Crippen molar-refractivity contribution in [3.05, 3.63) is 89.2 Å². The smallest absolute Gasteiger partial charge is 0.205 e. The summed E-state index contributed by atoms with van der Waals surface area (Å²) >= 11 is 0. The maximum absolute atomic E-state index is 5.90. The van der Waals surface area contributed by atoms with Gasteiger partial charge in [-0.25, -0.2) is 0 Å². The third-order valence-corrected chi connectivity index (χ3v) is 4.81. The first-order valence-corrected chi connectivity index (χ1v) is 11.4. The van der Waals surface area contributed by atoms with E-state index in [0.29, 0.717) is 0 Å². The molecule has 0 N–H and O–H groups in total. The molecule has 2 aromatic carbocycles. The van der Waals surface area contributed by atoms with Crippen LogP contribution in [-0.2, 0) is 7.05 Å². The summed E-state index contributed by atoms with van der Waals surface area (Å²) in [5.41, 5.74) is 4.13. The van der Waals surface area contributed by atoms with Gasteiger partial charge in [-0.1, -0.05) is 24.3 Å². The van der Waals surface area contributed by atoms with Crippen LogP contribution < -0.4 is 14.0 Å². The van der Waals surface area contributed by atoms with Gasteiger partial charge in [0.25, 0.3) is 0 Å².